The second kappa shape index (κ2) is 7.54. The van der Waals surface area contributed by atoms with Crippen LogP contribution in [0.25, 0.3) is 0 Å². The second-order valence-corrected chi connectivity index (χ2v) is 5.11. The molecular formula is C17H19FN2O2. The van der Waals surface area contributed by atoms with Crippen molar-refractivity contribution in [1.29, 1.82) is 0 Å². The van der Waals surface area contributed by atoms with Crippen molar-refractivity contribution in [3.05, 3.63) is 59.0 Å². The summed E-state index contributed by atoms with van der Waals surface area (Å²) in [6, 6.07) is 10.4. The van der Waals surface area contributed by atoms with Crippen LogP contribution >= 0.6 is 0 Å². The molecule has 2 rings (SSSR count). The number of benzene rings is 1. The van der Waals surface area contributed by atoms with Crippen molar-refractivity contribution in [2.75, 3.05) is 7.11 Å². The molecule has 0 fully saturated rings. The summed E-state index contributed by atoms with van der Waals surface area (Å²) in [5, 5.41) is 3.60. The molecule has 2 aromatic rings. The van der Waals surface area contributed by atoms with Gasteiger partial charge < -0.3 is 9.57 Å². The fourth-order valence-electron chi connectivity index (χ4n) is 1.86. The van der Waals surface area contributed by atoms with Gasteiger partial charge in [0.25, 0.3) is 0 Å². The molecule has 1 aromatic heterocycles. The van der Waals surface area contributed by atoms with Crippen LogP contribution in [0.4, 0.5) is 4.39 Å². The molecule has 0 saturated heterocycles. The lowest BCUT2D eigenvalue weighted by molar-refractivity contribution is 0.215. The molecule has 22 heavy (non-hydrogen) atoms. The van der Waals surface area contributed by atoms with E-state index in [0.717, 1.165) is 5.69 Å². The summed E-state index contributed by atoms with van der Waals surface area (Å²) in [6.45, 7) is 4.25. The topological polar surface area (TPSA) is 43.7 Å². The van der Waals surface area contributed by atoms with Crippen molar-refractivity contribution in [1.82, 2.24) is 4.98 Å². The van der Waals surface area contributed by atoms with Gasteiger partial charge in [0.1, 0.15) is 19.5 Å². The summed E-state index contributed by atoms with van der Waals surface area (Å²) in [5.41, 5.74) is 2.04. The highest BCUT2D eigenvalue weighted by molar-refractivity contribution is 5.79. The Balaban J connectivity index is 2.05. The zero-order valence-corrected chi connectivity index (χ0v) is 12.9. The number of halogens is 1. The van der Waals surface area contributed by atoms with Crippen molar-refractivity contribution in [3.8, 4) is 5.88 Å². The van der Waals surface area contributed by atoms with Gasteiger partial charge in [0, 0.05) is 17.3 Å². The summed E-state index contributed by atoms with van der Waals surface area (Å²) >= 11 is 0. The van der Waals surface area contributed by atoms with Crippen LogP contribution in [0.15, 0.2) is 41.6 Å². The molecule has 0 bridgehead atoms. The number of hydrogen-bond acceptors (Lipinski definition) is 4. The zero-order valence-electron chi connectivity index (χ0n) is 12.9. The third-order valence-electron chi connectivity index (χ3n) is 3.10. The minimum absolute atomic E-state index is 0.127. The molecule has 0 unspecified atom stereocenters. The van der Waals surface area contributed by atoms with Crippen molar-refractivity contribution < 1.29 is 14.0 Å². The normalized spacial score (nSPS) is 11.1. The maximum absolute atomic E-state index is 14.0. The Bertz CT molecular complexity index is 657. The van der Waals surface area contributed by atoms with Gasteiger partial charge in [-0.25, -0.2) is 9.37 Å². The van der Waals surface area contributed by atoms with E-state index in [9.17, 15) is 4.39 Å². The smallest absolute Gasteiger partial charge is 0.213 e. The zero-order chi connectivity index (χ0) is 15.9. The van der Waals surface area contributed by atoms with Crippen LogP contribution in [0, 0.1) is 5.82 Å². The van der Waals surface area contributed by atoms with Crippen molar-refractivity contribution in [2.45, 2.75) is 26.4 Å². The van der Waals surface area contributed by atoms with Crippen molar-refractivity contribution >= 4 is 6.21 Å². The van der Waals surface area contributed by atoms with E-state index in [1.54, 1.807) is 18.2 Å². The first-order valence-electron chi connectivity index (χ1n) is 7.05. The van der Waals surface area contributed by atoms with Crippen LogP contribution < -0.4 is 4.74 Å². The van der Waals surface area contributed by atoms with Crippen LogP contribution in [0.2, 0.25) is 0 Å². The molecule has 0 N–H and O–H groups in total. The summed E-state index contributed by atoms with van der Waals surface area (Å²) < 4.78 is 19.6. The molecule has 1 heterocycles. The van der Waals surface area contributed by atoms with Crippen LogP contribution in [-0.4, -0.2) is 18.3 Å². The predicted octanol–water partition coefficient (Wildman–Crippen LogP) is 3.90. The molecular weight excluding hydrogens is 283 g/mol. The predicted molar refractivity (Wildman–Crippen MR) is 83.7 cm³/mol. The SMILES string of the molecule is CO/N=C/c1ccc(COc2cccc(C(C)C)n2)c(F)c1. The average Bonchev–Trinajstić information content (AvgIpc) is 2.52. The van der Waals surface area contributed by atoms with E-state index >= 15 is 0 Å². The number of hydrogen-bond donors (Lipinski definition) is 0. The van der Waals surface area contributed by atoms with Crippen LogP contribution in [0.5, 0.6) is 5.88 Å². The summed E-state index contributed by atoms with van der Waals surface area (Å²) in [7, 11) is 1.44. The average molecular weight is 302 g/mol. The van der Waals surface area contributed by atoms with Gasteiger partial charge in [0.2, 0.25) is 5.88 Å². The van der Waals surface area contributed by atoms with Gasteiger partial charge in [-0.05, 0) is 23.6 Å². The van der Waals surface area contributed by atoms with Gasteiger partial charge in [-0.3, -0.25) is 0 Å². The Morgan fingerprint density at radius 3 is 2.77 bits per heavy atom. The molecule has 5 heteroatoms. The molecule has 4 nitrogen and oxygen atoms in total. The van der Waals surface area contributed by atoms with Crippen molar-refractivity contribution in [2.24, 2.45) is 5.16 Å². The lowest BCUT2D eigenvalue weighted by atomic mass is 10.1. The van der Waals surface area contributed by atoms with Gasteiger partial charge in [-0.1, -0.05) is 37.2 Å². The molecule has 116 valence electrons. The Labute approximate surface area is 129 Å². The molecule has 0 radical (unpaired) electrons. The summed E-state index contributed by atoms with van der Waals surface area (Å²) in [6.07, 6.45) is 1.45. The van der Waals surface area contributed by atoms with Gasteiger partial charge in [-0.15, -0.1) is 0 Å². The molecule has 0 aliphatic rings. The number of rotatable bonds is 6. The van der Waals surface area contributed by atoms with E-state index in [0.29, 0.717) is 22.9 Å². The van der Waals surface area contributed by atoms with Crippen molar-refractivity contribution in [3.63, 3.8) is 0 Å². The van der Waals surface area contributed by atoms with Gasteiger partial charge in [-0.2, -0.15) is 0 Å². The minimum atomic E-state index is -0.347. The fourth-order valence-corrected chi connectivity index (χ4v) is 1.86. The third-order valence-corrected chi connectivity index (χ3v) is 3.10. The number of ether oxygens (including phenoxy) is 1. The van der Waals surface area contributed by atoms with E-state index < -0.39 is 0 Å². The highest BCUT2D eigenvalue weighted by Gasteiger charge is 2.06. The molecule has 0 aliphatic heterocycles. The van der Waals surface area contributed by atoms with Gasteiger partial charge in [0.15, 0.2) is 0 Å². The first kappa shape index (κ1) is 15.9. The lowest BCUT2D eigenvalue weighted by Gasteiger charge is -2.09. The quantitative estimate of drug-likeness (QED) is 0.600. The van der Waals surface area contributed by atoms with Gasteiger partial charge in [0.05, 0.1) is 6.21 Å². The van der Waals surface area contributed by atoms with E-state index in [1.807, 2.05) is 12.1 Å². The Kier molecular flexibility index (Phi) is 5.47. The van der Waals surface area contributed by atoms with E-state index in [1.165, 1.54) is 19.4 Å². The highest BCUT2D eigenvalue weighted by atomic mass is 19.1. The number of pyridine rings is 1. The van der Waals surface area contributed by atoms with E-state index in [-0.39, 0.29) is 12.4 Å². The first-order valence-corrected chi connectivity index (χ1v) is 7.05. The monoisotopic (exact) mass is 302 g/mol. The van der Waals surface area contributed by atoms with Crippen LogP contribution in [-0.2, 0) is 11.4 Å². The first-order chi connectivity index (χ1) is 10.6. The minimum Gasteiger partial charge on any atom is -0.473 e. The molecule has 0 amide bonds. The fraction of sp³-hybridized carbons (Fsp3) is 0.294. The van der Waals surface area contributed by atoms with Gasteiger partial charge >= 0.3 is 0 Å². The van der Waals surface area contributed by atoms with E-state index in [4.69, 9.17) is 4.74 Å². The third kappa shape index (κ3) is 4.28. The standard InChI is InChI=1S/C17H19FN2O2/c1-12(2)16-5-4-6-17(20-16)22-11-14-8-7-13(9-15(14)18)10-19-21-3/h4-10,12H,11H2,1-3H3/b19-10+. The Morgan fingerprint density at radius 1 is 1.27 bits per heavy atom. The maximum Gasteiger partial charge on any atom is 0.213 e. The van der Waals surface area contributed by atoms with Crippen LogP contribution in [0.3, 0.4) is 0 Å². The second-order valence-electron chi connectivity index (χ2n) is 5.11. The molecule has 1 aromatic carbocycles. The molecule has 0 atom stereocenters. The Hall–Kier alpha value is -2.43. The highest BCUT2D eigenvalue weighted by Crippen LogP contribution is 2.17. The molecule has 0 spiro atoms. The maximum atomic E-state index is 14.0. The number of oxime groups is 1. The molecule has 0 aliphatic carbocycles. The number of nitrogens with zero attached hydrogens (tertiary/aromatic N) is 2. The van der Waals surface area contributed by atoms with Crippen LogP contribution in [0.1, 0.15) is 36.6 Å². The molecule has 0 saturated carbocycles. The summed E-state index contributed by atoms with van der Waals surface area (Å²) in [5.74, 6) is 0.468. The van der Waals surface area contributed by atoms with E-state index in [2.05, 4.69) is 28.8 Å². The largest absolute Gasteiger partial charge is 0.473 e. The number of aromatic nitrogens is 1. The summed E-state index contributed by atoms with van der Waals surface area (Å²) in [4.78, 5) is 8.96. The Morgan fingerprint density at radius 2 is 2.09 bits per heavy atom. The lowest BCUT2D eigenvalue weighted by Crippen LogP contribution is -2.02.